The quantitative estimate of drug-likeness (QED) is 0.298. The van der Waals surface area contributed by atoms with Crippen molar-refractivity contribution < 1.29 is 4.79 Å². The Hall–Kier alpha value is -3.19. The molecule has 5 aromatic rings. The number of aryl methyl sites for hydroxylation is 1. The van der Waals surface area contributed by atoms with Gasteiger partial charge >= 0.3 is 0 Å². The molecule has 35 heavy (non-hydrogen) atoms. The number of fused-ring (bicyclic) bond motifs is 3. The Morgan fingerprint density at radius 3 is 2.49 bits per heavy atom. The molecule has 0 N–H and O–H groups in total. The maximum atomic E-state index is 13.0. The fourth-order valence-electron chi connectivity index (χ4n) is 4.83. The summed E-state index contributed by atoms with van der Waals surface area (Å²) in [6.07, 6.45) is 0. The van der Waals surface area contributed by atoms with E-state index in [-0.39, 0.29) is 5.91 Å². The van der Waals surface area contributed by atoms with Crippen LogP contribution in [0.25, 0.3) is 26.4 Å². The number of carbonyl (C=O) groups excluding carboxylic acids is 1. The van der Waals surface area contributed by atoms with Crippen LogP contribution < -0.4 is 0 Å². The van der Waals surface area contributed by atoms with E-state index in [1.165, 1.54) is 21.5 Å². The fraction of sp³-hybridized carbons (Fsp3) is 0.214. The Morgan fingerprint density at radius 1 is 0.971 bits per heavy atom. The number of hydrogen-bond donors (Lipinski definition) is 0. The van der Waals surface area contributed by atoms with Crippen LogP contribution in [0.3, 0.4) is 0 Å². The van der Waals surface area contributed by atoms with Gasteiger partial charge in [-0.2, -0.15) is 0 Å². The highest BCUT2D eigenvalue weighted by Gasteiger charge is 2.26. The largest absolute Gasteiger partial charge is 0.336 e. The van der Waals surface area contributed by atoms with Gasteiger partial charge in [-0.3, -0.25) is 14.1 Å². The first-order valence-electron chi connectivity index (χ1n) is 11.8. The predicted octanol–water partition coefficient (Wildman–Crippen LogP) is 6.14. The van der Waals surface area contributed by atoms with Crippen LogP contribution >= 0.6 is 22.9 Å². The summed E-state index contributed by atoms with van der Waals surface area (Å²) >= 11 is 8.01. The van der Waals surface area contributed by atoms with Gasteiger partial charge < -0.3 is 4.90 Å². The van der Waals surface area contributed by atoms with Crippen molar-refractivity contribution in [1.82, 2.24) is 19.2 Å². The number of carbonyl (C=O) groups is 1. The summed E-state index contributed by atoms with van der Waals surface area (Å²) < 4.78 is 3.58. The maximum Gasteiger partial charge on any atom is 0.255 e. The molecule has 6 rings (SSSR count). The molecule has 1 fully saturated rings. The number of amides is 1. The van der Waals surface area contributed by atoms with E-state index in [1.54, 1.807) is 23.5 Å². The van der Waals surface area contributed by atoms with Gasteiger partial charge in [-0.15, -0.1) is 0 Å². The van der Waals surface area contributed by atoms with Crippen molar-refractivity contribution in [2.24, 2.45) is 0 Å². The minimum absolute atomic E-state index is 0.00571. The smallest absolute Gasteiger partial charge is 0.255 e. The molecule has 1 saturated heterocycles. The number of hydrogen-bond acceptors (Lipinski definition) is 4. The molecule has 0 aliphatic carbocycles. The predicted molar refractivity (Wildman–Crippen MR) is 143 cm³/mol. The van der Waals surface area contributed by atoms with E-state index in [1.807, 2.05) is 23.1 Å². The molecule has 3 heterocycles. The van der Waals surface area contributed by atoms with Gasteiger partial charge in [0.1, 0.15) is 0 Å². The van der Waals surface area contributed by atoms with E-state index in [0.717, 1.165) is 35.9 Å². The zero-order chi connectivity index (χ0) is 23.9. The Labute approximate surface area is 213 Å². The average Bonchev–Trinajstić information content (AvgIpc) is 3.41. The minimum atomic E-state index is 0.00571. The van der Waals surface area contributed by atoms with Crippen molar-refractivity contribution in [1.29, 1.82) is 0 Å². The van der Waals surface area contributed by atoms with Crippen molar-refractivity contribution >= 4 is 44.0 Å². The molecule has 1 amide bonds. The van der Waals surface area contributed by atoms with Crippen molar-refractivity contribution in [2.45, 2.75) is 13.5 Å². The normalized spacial score (nSPS) is 14.7. The standard InChI is InChI=1S/C28H25ClN4OS/c1-19-11-12-23-25(17-19)35-28-30-26(20-7-3-2-4-8-20)24(33(23)28)18-31-13-15-32(16-14-31)27(34)21-9-5-6-10-22(21)29/h2-12,17H,13-16,18H2,1H3. The number of rotatable bonds is 4. The van der Waals surface area contributed by atoms with Crippen molar-refractivity contribution in [3.05, 3.63) is 94.6 Å². The monoisotopic (exact) mass is 500 g/mol. The van der Waals surface area contributed by atoms with Crippen molar-refractivity contribution in [3.8, 4) is 11.3 Å². The number of benzene rings is 3. The summed E-state index contributed by atoms with van der Waals surface area (Å²) in [5, 5.41) is 0.508. The van der Waals surface area contributed by atoms with Crippen molar-refractivity contribution in [2.75, 3.05) is 26.2 Å². The molecule has 0 spiro atoms. The van der Waals surface area contributed by atoms with Gasteiger partial charge in [-0.25, -0.2) is 4.98 Å². The molecule has 3 aromatic carbocycles. The van der Waals surface area contributed by atoms with Gasteiger partial charge in [-0.05, 0) is 36.8 Å². The van der Waals surface area contributed by atoms with E-state index >= 15 is 0 Å². The summed E-state index contributed by atoms with van der Waals surface area (Å²) in [7, 11) is 0. The molecule has 1 aliphatic heterocycles. The second kappa shape index (κ2) is 9.11. The van der Waals surface area contributed by atoms with Gasteiger partial charge in [0.05, 0.1) is 32.2 Å². The maximum absolute atomic E-state index is 13.0. The SMILES string of the molecule is Cc1ccc2c(c1)sc1nc(-c3ccccc3)c(CN3CCN(C(=O)c4ccccc4Cl)CC3)n12. The van der Waals surface area contributed by atoms with E-state index in [9.17, 15) is 4.79 Å². The topological polar surface area (TPSA) is 40.9 Å². The fourth-order valence-corrected chi connectivity index (χ4v) is 6.19. The summed E-state index contributed by atoms with van der Waals surface area (Å²) in [5.41, 5.74) is 6.40. The molecule has 0 atom stereocenters. The lowest BCUT2D eigenvalue weighted by Crippen LogP contribution is -2.48. The third-order valence-corrected chi connectivity index (χ3v) is 8.02. The number of thiazole rings is 1. The molecular weight excluding hydrogens is 476 g/mol. The summed E-state index contributed by atoms with van der Waals surface area (Å²) in [4.78, 5) is 23.4. The van der Waals surface area contributed by atoms with Crippen LogP contribution in [0, 0.1) is 6.92 Å². The van der Waals surface area contributed by atoms with E-state index in [2.05, 4.69) is 58.7 Å². The van der Waals surface area contributed by atoms with Crippen LogP contribution in [0.5, 0.6) is 0 Å². The zero-order valence-corrected chi connectivity index (χ0v) is 21.0. The molecule has 7 heteroatoms. The third kappa shape index (κ3) is 4.12. The molecule has 1 aliphatic rings. The van der Waals surface area contributed by atoms with Crippen LogP contribution in [0.2, 0.25) is 5.02 Å². The van der Waals surface area contributed by atoms with Crippen LogP contribution in [0.15, 0.2) is 72.8 Å². The molecule has 0 saturated carbocycles. The number of nitrogens with zero attached hydrogens (tertiary/aromatic N) is 4. The van der Waals surface area contributed by atoms with Crippen LogP contribution in [0.1, 0.15) is 21.6 Å². The molecular formula is C28H25ClN4OS. The molecule has 0 unspecified atom stereocenters. The molecule has 0 bridgehead atoms. The Morgan fingerprint density at radius 2 is 1.71 bits per heavy atom. The second-order valence-corrected chi connectivity index (χ2v) is 10.4. The zero-order valence-electron chi connectivity index (χ0n) is 19.4. The Balaban J connectivity index is 1.30. The summed E-state index contributed by atoms with van der Waals surface area (Å²) in [6.45, 7) is 5.87. The van der Waals surface area contributed by atoms with Crippen LogP contribution in [-0.4, -0.2) is 51.3 Å². The Bertz CT molecular complexity index is 1530. The highest BCUT2D eigenvalue weighted by atomic mass is 35.5. The molecule has 0 radical (unpaired) electrons. The summed E-state index contributed by atoms with van der Waals surface area (Å²) in [5.74, 6) is 0.00571. The highest BCUT2D eigenvalue weighted by Crippen LogP contribution is 2.34. The average molecular weight is 501 g/mol. The van der Waals surface area contributed by atoms with Gasteiger partial charge in [0.25, 0.3) is 5.91 Å². The number of piperazine rings is 1. The van der Waals surface area contributed by atoms with Gasteiger partial charge in [0.15, 0.2) is 4.96 Å². The highest BCUT2D eigenvalue weighted by molar-refractivity contribution is 7.23. The van der Waals surface area contributed by atoms with E-state index in [0.29, 0.717) is 23.7 Å². The Kier molecular flexibility index (Phi) is 5.80. The first-order chi connectivity index (χ1) is 17.1. The summed E-state index contributed by atoms with van der Waals surface area (Å²) in [6, 6.07) is 24.3. The van der Waals surface area contributed by atoms with Gasteiger partial charge in [0, 0.05) is 38.3 Å². The molecule has 2 aromatic heterocycles. The molecule has 176 valence electrons. The third-order valence-electron chi connectivity index (χ3n) is 6.68. The lowest BCUT2D eigenvalue weighted by Gasteiger charge is -2.35. The second-order valence-electron chi connectivity index (χ2n) is 9.01. The molecule has 5 nitrogen and oxygen atoms in total. The minimum Gasteiger partial charge on any atom is -0.336 e. The first-order valence-corrected chi connectivity index (χ1v) is 13.0. The van der Waals surface area contributed by atoms with Crippen LogP contribution in [-0.2, 0) is 6.54 Å². The van der Waals surface area contributed by atoms with Crippen LogP contribution in [0.4, 0.5) is 0 Å². The van der Waals surface area contributed by atoms with Crippen molar-refractivity contribution in [3.63, 3.8) is 0 Å². The lowest BCUT2D eigenvalue weighted by molar-refractivity contribution is 0.0627. The first kappa shape index (κ1) is 22.3. The van der Waals surface area contributed by atoms with Gasteiger partial charge in [0.2, 0.25) is 0 Å². The number of imidazole rings is 1. The number of aromatic nitrogens is 2. The lowest BCUT2D eigenvalue weighted by atomic mass is 10.1. The van der Waals surface area contributed by atoms with Gasteiger partial charge in [-0.1, -0.05) is 71.5 Å². The van der Waals surface area contributed by atoms with E-state index in [4.69, 9.17) is 16.6 Å². The van der Waals surface area contributed by atoms with E-state index < -0.39 is 0 Å². The number of halogens is 1.